The van der Waals surface area contributed by atoms with Gasteiger partial charge < -0.3 is 0 Å². The molecule has 0 spiro atoms. The molecule has 0 aliphatic heterocycles. The predicted molar refractivity (Wildman–Crippen MR) is 58.3 cm³/mol. The third-order valence-electron chi connectivity index (χ3n) is 1.41. The number of hydrogen-bond donors (Lipinski definition) is 0. The van der Waals surface area contributed by atoms with Crippen LogP contribution in [0, 0.1) is 20.6 Å². The van der Waals surface area contributed by atoms with Crippen molar-refractivity contribution in [2.75, 3.05) is 0 Å². The Labute approximate surface area is 91.6 Å². The Morgan fingerprint density at radius 3 is 2.58 bits per heavy atom. The minimum absolute atomic E-state index is 0.139. The molecule has 0 aliphatic carbocycles. The Hall–Kier alpha value is -0.170. The molecule has 0 N–H and O–H groups in total. The Kier molecular flexibility index (Phi) is 3.05. The number of hydrogen-bond acceptors (Lipinski definition) is 2. The molecule has 0 heterocycles. The van der Waals surface area contributed by atoms with Crippen molar-refractivity contribution >= 4 is 44.2 Å². The zero-order chi connectivity index (χ0) is 9.30. The molecule has 0 amide bonds. The molecule has 0 unspecified atom stereocenters. The summed E-state index contributed by atoms with van der Waals surface area (Å²) in [5.41, 5.74) is 1.02. The van der Waals surface area contributed by atoms with Crippen molar-refractivity contribution in [3.63, 3.8) is 0 Å². The highest BCUT2D eigenvalue weighted by molar-refractivity contribution is 14.1. The van der Waals surface area contributed by atoms with Gasteiger partial charge in [-0.05, 0) is 51.0 Å². The van der Waals surface area contributed by atoms with Crippen LogP contribution >= 0.6 is 38.5 Å². The molecule has 0 bridgehead atoms. The first-order chi connectivity index (χ1) is 5.52. The molecule has 1 aromatic carbocycles. The van der Waals surface area contributed by atoms with Crippen molar-refractivity contribution in [3.8, 4) is 0 Å². The minimum atomic E-state index is -0.387. The zero-order valence-corrected chi connectivity index (χ0v) is 9.92. The van der Waals surface area contributed by atoms with E-state index in [0.29, 0.717) is 0 Å². The Bertz CT molecular complexity index is 317. The van der Waals surface area contributed by atoms with Gasteiger partial charge in [0.15, 0.2) is 0 Å². The standard InChI is InChI=1S/C7H5BrINO2/c1-4-2-5(10(11)12)3-6(9)7(4)8/h2-3H,1H3. The van der Waals surface area contributed by atoms with Gasteiger partial charge in [0, 0.05) is 20.2 Å². The number of rotatable bonds is 1. The van der Waals surface area contributed by atoms with Crippen LogP contribution in [0.5, 0.6) is 0 Å². The van der Waals surface area contributed by atoms with Gasteiger partial charge in [-0.25, -0.2) is 0 Å². The summed E-state index contributed by atoms with van der Waals surface area (Å²) in [6.07, 6.45) is 0. The summed E-state index contributed by atoms with van der Waals surface area (Å²) >= 11 is 5.39. The third kappa shape index (κ3) is 1.95. The molecule has 3 nitrogen and oxygen atoms in total. The lowest BCUT2D eigenvalue weighted by molar-refractivity contribution is -0.385. The second-order valence-corrected chi connectivity index (χ2v) is 4.27. The average molecular weight is 342 g/mol. The van der Waals surface area contributed by atoms with Gasteiger partial charge in [-0.2, -0.15) is 0 Å². The summed E-state index contributed by atoms with van der Waals surface area (Å²) < 4.78 is 1.79. The quantitative estimate of drug-likeness (QED) is 0.447. The number of nitro benzene ring substituents is 1. The lowest BCUT2D eigenvalue weighted by Gasteiger charge is -2.00. The van der Waals surface area contributed by atoms with Crippen LogP contribution in [0.4, 0.5) is 5.69 Å². The minimum Gasteiger partial charge on any atom is -0.258 e. The normalized spacial score (nSPS) is 9.92. The van der Waals surface area contributed by atoms with Crippen LogP contribution in [0.1, 0.15) is 5.56 Å². The zero-order valence-electron chi connectivity index (χ0n) is 6.17. The first-order valence-electron chi connectivity index (χ1n) is 3.12. The van der Waals surface area contributed by atoms with Crippen molar-refractivity contribution in [1.82, 2.24) is 0 Å². The van der Waals surface area contributed by atoms with Crippen molar-refractivity contribution in [1.29, 1.82) is 0 Å². The monoisotopic (exact) mass is 341 g/mol. The molecule has 0 radical (unpaired) electrons. The van der Waals surface area contributed by atoms with Crippen LogP contribution in [-0.4, -0.2) is 4.92 Å². The van der Waals surface area contributed by atoms with Gasteiger partial charge in [-0.3, -0.25) is 10.1 Å². The Morgan fingerprint density at radius 2 is 2.17 bits per heavy atom. The fourth-order valence-electron chi connectivity index (χ4n) is 0.814. The molecule has 1 aromatic rings. The highest BCUT2D eigenvalue weighted by Gasteiger charge is 2.10. The van der Waals surface area contributed by atoms with E-state index in [1.54, 1.807) is 6.07 Å². The van der Waals surface area contributed by atoms with Gasteiger partial charge in [0.05, 0.1) is 4.92 Å². The van der Waals surface area contributed by atoms with Crippen LogP contribution in [0.2, 0.25) is 0 Å². The second kappa shape index (κ2) is 3.69. The van der Waals surface area contributed by atoms with E-state index in [-0.39, 0.29) is 10.6 Å². The molecular weight excluding hydrogens is 337 g/mol. The van der Waals surface area contributed by atoms with Gasteiger partial charge in [-0.15, -0.1) is 0 Å². The molecule has 0 fully saturated rings. The molecule has 0 aliphatic rings. The van der Waals surface area contributed by atoms with E-state index in [2.05, 4.69) is 38.5 Å². The Balaban J connectivity index is 3.31. The van der Waals surface area contributed by atoms with E-state index in [9.17, 15) is 10.1 Å². The van der Waals surface area contributed by atoms with Crippen LogP contribution in [0.15, 0.2) is 16.6 Å². The maximum absolute atomic E-state index is 10.4. The van der Waals surface area contributed by atoms with Crippen molar-refractivity contribution < 1.29 is 4.92 Å². The largest absolute Gasteiger partial charge is 0.270 e. The molecule has 0 aromatic heterocycles. The predicted octanol–water partition coefficient (Wildman–Crippen LogP) is 3.27. The highest BCUT2D eigenvalue weighted by atomic mass is 127. The number of benzene rings is 1. The van der Waals surface area contributed by atoms with E-state index in [0.717, 1.165) is 13.6 Å². The fraction of sp³-hybridized carbons (Fsp3) is 0.143. The lowest BCUT2D eigenvalue weighted by Crippen LogP contribution is -1.90. The van der Waals surface area contributed by atoms with Crippen LogP contribution in [-0.2, 0) is 0 Å². The van der Waals surface area contributed by atoms with Gasteiger partial charge in [0.2, 0.25) is 0 Å². The van der Waals surface area contributed by atoms with E-state index < -0.39 is 0 Å². The first-order valence-corrected chi connectivity index (χ1v) is 4.99. The van der Waals surface area contributed by atoms with Crippen LogP contribution < -0.4 is 0 Å². The van der Waals surface area contributed by atoms with Crippen LogP contribution in [0.3, 0.4) is 0 Å². The van der Waals surface area contributed by atoms with E-state index >= 15 is 0 Å². The van der Waals surface area contributed by atoms with Gasteiger partial charge in [0.1, 0.15) is 0 Å². The van der Waals surface area contributed by atoms with Gasteiger partial charge in [-0.1, -0.05) is 0 Å². The second-order valence-electron chi connectivity index (χ2n) is 2.32. The van der Waals surface area contributed by atoms with E-state index in [1.807, 2.05) is 6.92 Å². The number of nitrogens with zero attached hydrogens (tertiary/aromatic N) is 1. The maximum atomic E-state index is 10.4. The molecule has 64 valence electrons. The molecule has 0 saturated carbocycles. The molecule has 12 heavy (non-hydrogen) atoms. The molecule has 0 atom stereocenters. The number of halogens is 2. The third-order valence-corrected chi connectivity index (χ3v) is 4.05. The smallest absolute Gasteiger partial charge is 0.258 e. The molecule has 1 rings (SSSR count). The molecular formula is C7H5BrINO2. The summed E-state index contributed by atoms with van der Waals surface area (Å²) in [6.45, 7) is 1.83. The number of aryl methyl sites for hydroxylation is 1. The van der Waals surface area contributed by atoms with E-state index in [1.165, 1.54) is 6.07 Å². The molecule has 5 heteroatoms. The SMILES string of the molecule is Cc1cc([N+](=O)[O-])cc(I)c1Br. The Morgan fingerprint density at radius 1 is 1.58 bits per heavy atom. The van der Waals surface area contributed by atoms with E-state index in [4.69, 9.17) is 0 Å². The summed E-state index contributed by atoms with van der Waals surface area (Å²) in [7, 11) is 0. The topological polar surface area (TPSA) is 43.1 Å². The fourth-order valence-corrected chi connectivity index (χ4v) is 1.79. The van der Waals surface area contributed by atoms with Crippen molar-refractivity contribution in [2.45, 2.75) is 6.92 Å². The highest BCUT2D eigenvalue weighted by Crippen LogP contribution is 2.27. The van der Waals surface area contributed by atoms with Crippen LogP contribution in [0.25, 0.3) is 0 Å². The first kappa shape index (κ1) is 9.91. The number of non-ortho nitro benzene ring substituents is 1. The summed E-state index contributed by atoms with van der Waals surface area (Å²) in [5.74, 6) is 0. The van der Waals surface area contributed by atoms with Crippen molar-refractivity contribution in [3.05, 3.63) is 35.9 Å². The average Bonchev–Trinajstić information content (AvgIpc) is 1.99. The van der Waals surface area contributed by atoms with Crippen molar-refractivity contribution in [2.24, 2.45) is 0 Å². The summed E-state index contributed by atoms with van der Waals surface area (Å²) in [5, 5.41) is 10.4. The number of nitro groups is 1. The van der Waals surface area contributed by atoms with Gasteiger partial charge in [0.25, 0.3) is 5.69 Å². The molecule has 0 saturated heterocycles. The van der Waals surface area contributed by atoms with Gasteiger partial charge >= 0.3 is 0 Å². The maximum Gasteiger partial charge on any atom is 0.270 e. The summed E-state index contributed by atoms with van der Waals surface area (Å²) in [6, 6.07) is 3.09. The summed E-state index contributed by atoms with van der Waals surface area (Å²) in [4.78, 5) is 10.0. The lowest BCUT2D eigenvalue weighted by atomic mass is 10.2.